The number of hydrogen-bond acceptors (Lipinski definition) is 8. The lowest BCUT2D eigenvalue weighted by Gasteiger charge is -2.22. The zero-order chi connectivity index (χ0) is 31.5. The van der Waals surface area contributed by atoms with E-state index in [4.69, 9.17) is 16.3 Å². The summed E-state index contributed by atoms with van der Waals surface area (Å²) < 4.78 is 7.54. The van der Waals surface area contributed by atoms with Crippen molar-refractivity contribution in [2.24, 2.45) is 0 Å². The van der Waals surface area contributed by atoms with Gasteiger partial charge < -0.3 is 9.84 Å². The van der Waals surface area contributed by atoms with Crippen molar-refractivity contribution < 1.29 is 19.4 Å². The number of benzene rings is 4. The van der Waals surface area contributed by atoms with E-state index in [0.29, 0.717) is 38.6 Å². The van der Waals surface area contributed by atoms with Crippen molar-refractivity contribution in [3.8, 4) is 5.75 Å². The molecule has 2 heterocycles. The molecule has 1 N–H and O–H groups in total. The number of thioether (sulfide) groups is 1. The average molecular weight is 766 g/mol. The molecule has 226 valence electrons. The van der Waals surface area contributed by atoms with Crippen molar-refractivity contribution in [1.82, 2.24) is 10.2 Å². The van der Waals surface area contributed by atoms with Crippen molar-refractivity contribution in [2.75, 3.05) is 4.90 Å². The number of ketones is 1. The second-order valence-corrected chi connectivity index (χ2v) is 14.1. The van der Waals surface area contributed by atoms with E-state index < -0.39 is 17.7 Å². The number of aliphatic hydroxyl groups excluding tert-OH is 1. The first-order valence-corrected chi connectivity index (χ1v) is 17.1. The molecule has 1 aromatic heterocycles. The quantitative estimate of drug-likeness (QED) is 0.0402. The Morgan fingerprint density at radius 3 is 2.49 bits per heavy atom. The highest BCUT2D eigenvalue weighted by Gasteiger charge is 2.48. The van der Waals surface area contributed by atoms with Crippen LogP contribution in [-0.4, -0.2) is 27.0 Å². The Morgan fingerprint density at radius 2 is 1.76 bits per heavy atom. The van der Waals surface area contributed by atoms with Crippen molar-refractivity contribution >= 4 is 79.9 Å². The van der Waals surface area contributed by atoms with Gasteiger partial charge in [0.15, 0.2) is 4.34 Å². The van der Waals surface area contributed by atoms with Crippen molar-refractivity contribution in [3.63, 3.8) is 0 Å². The van der Waals surface area contributed by atoms with Gasteiger partial charge in [-0.2, -0.15) is 0 Å². The molecule has 0 bridgehead atoms. The Morgan fingerprint density at radius 1 is 1.00 bits per heavy atom. The number of carbonyl (C=O) groups is 2. The van der Waals surface area contributed by atoms with Gasteiger partial charge in [0, 0.05) is 19.9 Å². The lowest BCUT2D eigenvalue weighted by molar-refractivity contribution is -0.132. The smallest absolute Gasteiger partial charge is 0.301 e. The molecule has 1 aliphatic rings. The second-order valence-electron chi connectivity index (χ2n) is 10.3. The molecule has 5 aromatic rings. The maximum absolute atomic E-state index is 13.6. The fraction of sp³-hybridized carbons (Fsp3) is 0.118. The Balaban J connectivity index is 1.30. The molecule has 1 atom stereocenters. The van der Waals surface area contributed by atoms with Crippen LogP contribution in [-0.2, 0) is 21.9 Å². The lowest BCUT2D eigenvalue weighted by Crippen LogP contribution is -2.29. The van der Waals surface area contributed by atoms with Gasteiger partial charge in [-0.15, -0.1) is 10.2 Å². The summed E-state index contributed by atoms with van der Waals surface area (Å²) in [6, 6.07) is 29.0. The molecule has 1 amide bonds. The van der Waals surface area contributed by atoms with E-state index in [1.807, 2.05) is 73.7 Å². The largest absolute Gasteiger partial charge is 0.507 e. The fourth-order valence-electron chi connectivity index (χ4n) is 4.94. The number of hydrogen-bond donors (Lipinski definition) is 1. The van der Waals surface area contributed by atoms with E-state index in [1.165, 1.54) is 28.0 Å². The zero-order valence-electron chi connectivity index (χ0n) is 23.8. The molecule has 1 aliphatic heterocycles. The first-order chi connectivity index (χ1) is 21.8. The van der Waals surface area contributed by atoms with Gasteiger partial charge in [0.2, 0.25) is 5.13 Å². The maximum atomic E-state index is 13.6. The number of aryl methyl sites for hydroxylation is 1. The first kappa shape index (κ1) is 31.3. The van der Waals surface area contributed by atoms with Crippen LogP contribution in [0.3, 0.4) is 0 Å². The minimum Gasteiger partial charge on any atom is -0.507 e. The summed E-state index contributed by atoms with van der Waals surface area (Å²) >= 11 is 11.2. The predicted octanol–water partition coefficient (Wildman–Crippen LogP) is 8.60. The number of anilines is 1. The van der Waals surface area contributed by atoms with E-state index in [0.717, 1.165) is 20.3 Å². The Kier molecular flexibility index (Phi) is 9.55. The van der Waals surface area contributed by atoms with E-state index in [2.05, 4.69) is 38.9 Å². The molecule has 4 aromatic carbocycles. The number of rotatable bonds is 9. The molecule has 0 saturated carbocycles. The Labute approximate surface area is 287 Å². The molecular formula is C34H25ClIN3O4S2. The SMILES string of the molecule is Cc1cccc(COc2ccc(C(O)=C3C(=O)C(=O)N(c4nnc(SCc5ccccc5Cl)s4)C3c3ccc(I)cc3)cc2)c1. The Bertz CT molecular complexity index is 1910. The van der Waals surface area contributed by atoms with Crippen LogP contribution in [0.15, 0.2) is 107 Å². The first-order valence-electron chi connectivity index (χ1n) is 13.8. The Hall–Kier alpha value is -3.71. The van der Waals surface area contributed by atoms with E-state index >= 15 is 0 Å². The van der Waals surface area contributed by atoms with Crippen LogP contribution in [0.25, 0.3) is 5.76 Å². The second kappa shape index (κ2) is 13.7. The van der Waals surface area contributed by atoms with Crippen LogP contribution >= 0.6 is 57.3 Å². The van der Waals surface area contributed by atoms with Gasteiger partial charge in [-0.25, -0.2) is 0 Å². The molecule has 1 unspecified atom stereocenters. The molecule has 0 radical (unpaired) electrons. The number of halogens is 2. The van der Waals surface area contributed by atoms with Gasteiger partial charge in [-0.3, -0.25) is 14.5 Å². The average Bonchev–Trinajstić information content (AvgIpc) is 3.61. The van der Waals surface area contributed by atoms with Crippen LogP contribution in [0.5, 0.6) is 5.75 Å². The number of aromatic nitrogens is 2. The monoisotopic (exact) mass is 765 g/mol. The molecule has 1 fully saturated rings. The molecule has 1 saturated heterocycles. The van der Waals surface area contributed by atoms with Gasteiger partial charge in [0.1, 0.15) is 18.1 Å². The predicted molar refractivity (Wildman–Crippen MR) is 187 cm³/mol. The molecule has 45 heavy (non-hydrogen) atoms. The molecular weight excluding hydrogens is 741 g/mol. The lowest BCUT2D eigenvalue weighted by atomic mass is 9.95. The van der Waals surface area contributed by atoms with Crippen LogP contribution in [0.2, 0.25) is 5.02 Å². The summed E-state index contributed by atoms with van der Waals surface area (Å²) in [5, 5.41) is 21.0. The standard InChI is InChI=1S/C34H25ClIN3O4S2/c1-20-5-4-6-21(17-20)18-43-26-15-11-23(12-16-26)30(40)28-29(22-9-13-25(36)14-10-22)39(32(42)31(28)41)33-37-38-34(45-33)44-19-24-7-2-3-8-27(24)35/h2-17,29,40H,18-19H2,1H3. The third-order valence-electron chi connectivity index (χ3n) is 7.16. The summed E-state index contributed by atoms with van der Waals surface area (Å²) in [4.78, 5) is 28.4. The summed E-state index contributed by atoms with van der Waals surface area (Å²) in [7, 11) is 0. The normalized spacial score (nSPS) is 15.9. The van der Waals surface area contributed by atoms with Crippen molar-refractivity contribution in [1.29, 1.82) is 0 Å². The summed E-state index contributed by atoms with van der Waals surface area (Å²) in [5.41, 5.74) is 4.18. The van der Waals surface area contributed by atoms with E-state index in [1.54, 1.807) is 24.3 Å². The third-order valence-corrected chi connectivity index (χ3v) is 10.3. The molecule has 0 aliphatic carbocycles. The fourth-order valence-corrected chi connectivity index (χ4v) is 7.45. The molecule has 11 heteroatoms. The molecule has 6 rings (SSSR count). The number of ether oxygens (including phenoxy) is 1. The number of amides is 1. The van der Waals surface area contributed by atoms with E-state index in [9.17, 15) is 14.7 Å². The highest BCUT2D eigenvalue weighted by molar-refractivity contribution is 14.1. The zero-order valence-corrected chi connectivity index (χ0v) is 28.4. The van der Waals surface area contributed by atoms with Crippen molar-refractivity contribution in [2.45, 2.75) is 29.7 Å². The minimum absolute atomic E-state index is 0.0184. The number of carbonyl (C=O) groups excluding carboxylic acids is 2. The van der Waals surface area contributed by atoms with Gasteiger partial charge in [-0.05, 0) is 88.7 Å². The third kappa shape index (κ3) is 6.94. The van der Waals surface area contributed by atoms with Crippen LogP contribution in [0.4, 0.5) is 5.13 Å². The van der Waals surface area contributed by atoms with E-state index in [-0.39, 0.29) is 16.5 Å². The molecule has 7 nitrogen and oxygen atoms in total. The summed E-state index contributed by atoms with van der Waals surface area (Å²) in [6.07, 6.45) is 0. The van der Waals surface area contributed by atoms with Gasteiger partial charge in [0.25, 0.3) is 5.78 Å². The highest BCUT2D eigenvalue weighted by Crippen LogP contribution is 2.44. The van der Waals surface area contributed by atoms with Gasteiger partial charge >= 0.3 is 5.91 Å². The number of Topliss-reactive ketones (excluding diaryl/α,β-unsaturated/α-hetero) is 1. The molecule has 0 spiro atoms. The van der Waals surface area contributed by atoms with Crippen LogP contribution < -0.4 is 9.64 Å². The maximum Gasteiger partial charge on any atom is 0.301 e. The highest BCUT2D eigenvalue weighted by atomic mass is 127. The van der Waals surface area contributed by atoms with Crippen LogP contribution in [0, 0.1) is 10.5 Å². The topological polar surface area (TPSA) is 92.6 Å². The summed E-state index contributed by atoms with van der Waals surface area (Å²) in [6.45, 7) is 2.42. The van der Waals surface area contributed by atoms with Crippen molar-refractivity contribution in [3.05, 3.63) is 139 Å². The number of nitrogens with zero attached hydrogens (tertiary/aromatic N) is 3. The summed E-state index contributed by atoms with van der Waals surface area (Å²) in [5.74, 6) is -0.674. The minimum atomic E-state index is -0.895. The van der Waals surface area contributed by atoms with Gasteiger partial charge in [0.05, 0.1) is 11.6 Å². The number of aliphatic hydroxyl groups is 1. The van der Waals surface area contributed by atoms with Crippen LogP contribution in [0.1, 0.15) is 33.9 Å². The van der Waals surface area contributed by atoms with Gasteiger partial charge in [-0.1, -0.05) is 94.9 Å².